The molecule has 0 radical (unpaired) electrons. The molecule has 2 rings (SSSR count). The van der Waals surface area contributed by atoms with Crippen molar-refractivity contribution in [3.63, 3.8) is 0 Å². The highest BCUT2D eigenvalue weighted by Gasteiger charge is 2.29. The number of nitrogens with zero attached hydrogens (tertiary/aromatic N) is 1. The van der Waals surface area contributed by atoms with E-state index < -0.39 is 6.04 Å². The maximum Gasteiger partial charge on any atom is 0.242 e. The molecule has 0 saturated carbocycles. The average Bonchev–Trinajstić information content (AvgIpc) is 2.64. The standard InChI is InChI=1S/C21H23Cl3N2O2/c1-3-19(21(28)25-4-2)26(13-16-17(23)9-6-10-18(16)24)20(27)12-14-7-5-8-15(22)11-14/h5-11,19H,3-4,12-13H2,1-2H3,(H,25,28)/t19-/m1/s1. The third kappa shape index (κ3) is 5.87. The lowest BCUT2D eigenvalue weighted by Gasteiger charge is -2.31. The average molecular weight is 442 g/mol. The van der Waals surface area contributed by atoms with Crippen molar-refractivity contribution < 1.29 is 9.59 Å². The van der Waals surface area contributed by atoms with Crippen molar-refractivity contribution in [3.8, 4) is 0 Å². The molecule has 0 unspecified atom stereocenters. The van der Waals surface area contributed by atoms with E-state index in [9.17, 15) is 9.59 Å². The fraction of sp³-hybridized carbons (Fsp3) is 0.333. The van der Waals surface area contributed by atoms with E-state index in [-0.39, 0.29) is 24.8 Å². The predicted octanol–water partition coefficient (Wildman–Crippen LogP) is 5.13. The summed E-state index contributed by atoms with van der Waals surface area (Å²) < 4.78 is 0. The Labute approximate surface area is 180 Å². The molecule has 28 heavy (non-hydrogen) atoms. The Kier molecular flexibility index (Phi) is 8.61. The number of likely N-dealkylation sites (N-methyl/N-ethyl adjacent to an activating group) is 1. The minimum absolute atomic E-state index is 0.124. The summed E-state index contributed by atoms with van der Waals surface area (Å²) in [6.45, 7) is 4.34. The molecule has 0 spiro atoms. The number of halogens is 3. The zero-order valence-electron chi connectivity index (χ0n) is 15.8. The van der Waals surface area contributed by atoms with Crippen LogP contribution < -0.4 is 5.32 Å². The van der Waals surface area contributed by atoms with Gasteiger partial charge in [-0.05, 0) is 43.2 Å². The summed E-state index contributed by atoms with van der Waals surface area (Å²) in [5.74, 6) is -0.399. The van der Waals surface area contributed by atoms with Crippen LogP contribution in [0.1, 0.15) is 31.4 Å². The Morgan fingerprint density at radius 2 is 1.68 bits per heavy atom. The summed E-state index contributed by atoms with van der Waals surface area (Å²) >= 11 is 18.7. The topological polar surface area (TPSA) is 49.4 Å². The van der Waals surface area contributed by atoms with Gasteiger partial charge in [-0.2, -0.15) is 0 Å². The number of nitrogens with one attached hydrogen (secondary N) is 1. The first-order valence-corrected chi connectivity index (χ1v) is 10.2. The Balaban J connectivity index is 2.36. The Bertz CT molecular complexity index is 822. The third-order valence-corrected chi connectivity index (χ3v) is 5.31. The lowest BCUT2D eigenvalue weighted by atomic mass is 10.1. The second-order valence-electron chi connectivity index (χ2n) is 6.35. The number of carbonyl (C=O) groups is 2. The summed E-state index contributed by atoms with van der Waals surface area (Å²) in [5.41, 5.74) is 1.39. The summed E-state index contributed by atoms with van der Waals surface area (Å²) in [7, 11) is 0. The number of benzene rings is 2. The lowest BCUT2D eigenvalue weighted by Crippen LogP contribution is -2.49. The molecule has 0 fully saturated rings. The Hall–Kier alpha value is -1.75. The van der Waals surface area contributed by atoms with Gasteiger partial charge in [-0.15, -0.1) is 0 Å². The molecule has 2 amide bonds. The van der Waals surface area contributed by atoms with E-state index in [4.69, 9.17) is 34.8 Å². The first-order chi connectivity index (χ1) is 13.4. The molecule has 1 N–H and O–H groups in total. The van der Waals surface area contributed by atoms with Gasteiger partial charge in [0.1, 0.15) is 6.04 Å². The minimum atomic E-state index is -0.626. The lowest BCUT2D eigenvalue weighted by molar-refractivity contribution is -0.140. The number of amides is 2. The Morgan fingerprint density at radius 1 is 1.04 bits per heavy atom. The van der Waals surface area contributed by atoms with Gasteiger partial charge in [0.25, 0.3) is 0 Å². The van der Waals surface area contributed by atoms with Gasteiger partial charge >= 0.3 is 0 Å². The van der Waals surface area contributed by atoms with Gasteiger partial charge in [-0.25, -0.2) is 0 Å². The van der Waals surface area contributed by atoms with E-state index in [2.05, 4.69) is 5.32 Å². The first-order valence-electron chi connectivity index (χ1n) is 9.11. The van der Waals surface area contributed by atoms with Gasteiger partial charge in [-0.1, -0.05) is 59.9 Å². The van der Waals surface area contributed by atoms with Gasteiger partial charge in [0.15, 0.2) is 0 Å². The van der Waals surface area contributed by atoms with Crippen molar-refractivity contribution in [1.82, 2.24) is 10.2 Å². The van der Waals surface area contributed by atoms with Crippen LogP contribution in [-0.4, -0.2) is 29.3 Å². The SMILES string of the molecule is CCNC(=O)[C@@H](CC)N(Cc1c(Cl)cccc1Cl)C(=O)Cc1cccc(Cl)c1. The summed E-state index contributed by atoms with van der Waals surface area (Å²) in [6.07, 6.45) is 0.591. The largest absolute Gasteiger partial charge is 0.355 e. The molecule has 0 aliphatic heterocycles. The van der Waals surface area contributed by atoms with Gasteiger partial charge < -0.3 is 10.2 Å². The molecular weight excluding hydrogens is 419 g/mol. The molecule has 0 heterocycles. The van der Waals surface area contributed by atoms with E-state index in [0.717, 1.165) is 5.56 Å². The zero-order chi connectivity index (χ0) is 20.7. The number of hydrogen-bond donors (Lipinski definition) is 1. The summed E-state index contributed by atoms with van der Waals surface area (Å²) in [4.78, 5) is 27.3. The van der Waals surface area contributed by atoms with E-state index in [1.54, 1.807) is 41.3 Å². The molecule has 0 saturated heterocycles. The maximum absolute atomic E-state index is 13.2. The van der Waals surface area contributed by atoms with Crippen molar-refractivity contribution in [1.29, 1.82) is 0 Å². The highest BCUT2D eigenvalue weighted by atomic mass is 35.5. The molecule has 150 valence electrons. The molecule has 0 aromatic heterocycles. The van der Waals surface area contributed by atoms with Gasteiger partial charge in [-0.3, -0.25) is 9.59 Å². The van der Waals surface area contributed by atoms with Gasteiger partial charge in [0.2, 0.25) is 11.8 Å². The fourth-order valence-electron chi connectivity index (χ4n) is 2.99. The molecule has 0 aliphatic carbocycles. The Morgan fingerprint density at radius 3 is 2.25 bits per heavy atom. The first kappa shape index (κ1) is 22.5. The van der Waals surface area contributed by atoms with E-state index in [0.29, 0.717) is 33.6 Å². The van der Waals surface area contributed by atoms with Crippen molar-refractivity contribution in [2.75, 3.05) is 6.54 Å². The molecule has 0 bridgehead atoms. The van der Waals surface area contributed by atoms with E-state index >= 15 is 0 Å². The van der Waals surface area contributed by atoms with Crippen LogP contribution in [0.4, 0.5) is 0 Å². The normalized spacial score (nSPS) is 11.8. The molecule has 1 atom stereocenters. The molecule has 2 aromatic rings. The second kappa shape index (κ2) is 10.7. The monoisotopic (exact) mass is 440 g/mol. The van der Waals surface area contributed by atoms with E-state index in [1.165, 1.54) is 0 Å². The second-order valence-corrected chi connectivity index (χ2v) is 7.60. The van der Waals surface area contributed by atoms with Crippen molar-refractivity contribution in [3.05, 3.63) is 68.7 Å². The van der Waals surface area contributed by atoms with Gasteiger partial charge in [0.05, 0.1) is 6.42 Å². The number of carbonyl (C=O) groups excluding carboxylic acids is 2. The van der Waals surface area contributed by atoms with E-state index in [1.807, 2.05) is 19.9 Å². The van der Waals surface area contributed by atoms with Crippen LogP contribution >= 0.6 is 34.8 Å². The van der Waals surface area contributed by atoms with Crippen LogP contribution in [0.15, 0.2) is 42.5 Å². The van der Waals surface area contributed by atoms with Crippen LogP contribution in [0.25, 0.3) is 0 Å². The fourth-order valence-corrected chi connectivity index (χ4v) is 3.72. The molecule has 2 aromatic carbocycles. The van der Waals surface area contributed by atoms with Crippen molar-refractivity contribution in [2.45, 2.75) is 39.3 Å². The smallest absolute Gasteiger partial charge is 0.242 e. The molecular formula is C21H23Cl3N2O2. The maximum atomic E-state index is 13.2. The minimum Gasteiger partial charge on any atom is -0.355 e. The van der Waals surface area contributed by atoms with Crippen LogP contribution in [-0.2, 0) is 22.6 Å². The van der Waals surface area contributed by atoms with Crippen molar-refractivity contribution >= 4 is 46.6 Å². The molecule has 7 heteroatoms. The predicted molar refractivity (Wildman–Crippen MR) is 115 cm³/mol. The highest BCUT2D eigenvalue weighted by Crippen LogP contribution is 2.27. The van der Waals surface area contributed by atoms with Crippen LogP contribution in [0.5, 0.6) is 0 Å². The quantitative estimate of drug-likeness (QED) is 0.617. The number of rotatable bonds is 8. The molecule has 0 aliphatic rings. The van der Waals surface area contributed by atoms with Crippen LogP contribution in [0.2, 0.25) is 15.1 Å². The summed E-state index contributed by atoms with van der Waals surface area (Å²) in [6, 6.07) is 11.7. The number of hydrogen-bond acceptors (Lipinski definition) is 2. The van der Waals surface area contributed by atoms with Gasteiger partial charge in [0, 0.05) is 33.7 Å². The highest BCUT2D eigenvalue weighted by molar-refractivity contribution is 6.36. The van der Waals surface area contributed by atoms with Crippen LogP contribution in [0, 0.1) is 0 Å². The third-order valence-electron chi connectivity index (χ3n) is 4.37. The van der Waals surface area contributed by atoms with Crippen molar-refractivity contribution in [2.24, 2.45) is 0 Å². The zero-order valence-corrected chi connectivity index (χ0v) is 18.1. The molecule has 4 nitrogen and oxygen atoms in total. The summed E-state index contributed by atoms with van der Waals surface area (Å²) in [5, 5.41) is 4.27. The van der Waals surface area contributed by atoms with Crippen LogP contribution in [0.3, 0.4) is 0 Å².